The van der Waals surface area contributed by atoms with Crippen LogP contribution < -0.4 is 5.32 Å². The van der Waals surface area contributed by atoms with E-state index in [2.05, 4.69) is 12.2 Å². The number of aliphatic carboxylic acids is 1. The molecule has 2 atom stereocenters. The first kappa shape index (κ1) is 15.4. The van der Waals surface area contributed by atoms with Crippen molar-refractivity contribution in [3.8, 4) is 0 Å². The molecule has 0 radical (unpaired) electrons. The molecule has 114 valence electrons. The molecule has 1 aromatic rings. The van der Waals surface area contributed by atoms with Gasteiger partial charge in [0.25, 0.3) is 0 Å². The van der Waals surface area contributed by atoms with E-state index >= 15 is 0 Å². The largest absolute Gasteiger partial charge is 0.481 e. The zero-order valence-corrected chi connectivity index (χ0v) is 12.3. The molecule has 2 rings (SSSR count). The first-order valence-corrected chi connectivity index (χ1v) is 7.45. The molecule has 0 bridgehead atoms. The Bertz CT molecular complexity index is 490. The predicted octanol–water partition coefficient (Wildman–Crippen LogP) is 2.44. The number of likely N-dealkylation sites (tertiary alicyclic amines) is 1. The predicted molar refractivity (Wildman–Crippen MR) is 80.2 cm³/mol. The smallest absolute Gasteiger partial charge is 0.317 e. The number of amides is 2. The second-order valence-corrected chi connectivity index (χ2v) is 5.39. The maximum absolute atomic E-state index is 12.2. The summed E-state index contributed by atoms with van der Waals surface area (Å²) in [6.45, 7) is 2.94. The van der Waals surface area contributed by atoms with Gasteiger partial charge in [0, 0.05) is 19.1 Å². The highest BCUT2D eigenvalue weighted by Gasteiger charge is 2.28. The van der Waals surface area contributed by atoms with Crippen LogP contribution in [-0.4, -0.2) is 41.1 Å². The van der Waals surface area contributed by atoms with Gasteiger partial charge in [-0.3, -0.25) is 4.79 Å². The topological polar surface area (TPSA) is 69.6 Å². The molecule has 1 heterocycles. The number of rotatable bonds is 5. The number of urea groups is 1. The van der Waals surface area contributed by atoms with Gasteiger partial charge in [-0.05, 0) is 24.8 Å². The van der Waals surface area contributed by atoms with Gasteiger partial charge in [0.15, 0.2) is 0 Å². The van der Waals surface area contributed by atoms with E-state index in [4.69, 9.17) is 0 Å². The van der Waals surface area contributed by atoms with Crippen LogP contribution >= 0.6 is 0 Å². The van der Waals surface area contributed by atoms with Crippen molar-refractivity contribution >= 4 is 12.0 Å². The Balaban J connectivity index is 1.96. The van der Waals surface area contributed by atoms with Gasteiger partial charge in [-0.25, -0.2) is 4.79 Å². The number of carbonyl (C=O) groups is 2. The molecule has 0 aromatic heterocycles. The van der Waals surface area contributed by atoms with Crippen LogP contribution in [0.3, 0.4) is 0 Å². The van der Waals surface area contributed by atoms with Gasteiger partial charge in [0.2, 0.25) is 0 Å². The molecular weight excluding hydrogens is 268 g/mol. The lowest BCUT2D eigenvalue weighted by atomic mass is 9.99. The van der Waals surface area contributed by atoms with Gasteiger partial charge in [0.1, 0.15) is 0 Å². The Morgan fingerprint density at radius 2 is 2.10 bits per heavy atom. The Morgan fingerprint density at radius 3 is 2.71 bits per heavy atom. The van der Waals surface area contributed by atoms with Gasteiger partial charge in [-0.1, -0.05) is 37.3 Å². The second-order valence-electron chi connectivity index (χ2n) is 5.39. The van der Waals surface area contributed by atoms with Gasteiger partial charge in [-0.2, -0.15) is 0 Å². The Kier molecular flexibility index (Phi) is 5.20. The highest BCUT2D eigenvalue weighted by Crippen LogP contribution is 2.20. The molecule has 1 aromatic carbocycles. The zero-order valence-electron chi connectivity index (χ0n) is 12.3. The van der Waals surface area contributed by atoms with Crippen molar-refractivity contribution in [3.05, 3.63) is 35.9 Å². The van der Waals surface area contributed by atoms with Gasteiger partial charge >= 0.3 is 12.0 Å². The van der Waals surface area contributed by atoms with Crippen LogP contribution in [0.4, 0.5) is 4.79 Å². The van der Waals surface area contributed by atoms with Gasteiger partial charge in [0.05, 0.1) is 5.92 Å². The van der Waals surface area contributed by atoms with E-state index in [0.29, 0.717) is 5.56 Å². The fourth-order valence-electron chi connectivity index (χ4n) is 2.85. The molecule has 0 saturated carbocycles. The monoisotopic (exact) mass is 290 g/mol. The van der Waals surface area contributed by atoms with Crippen LogP contribution in [0.5, 0.6) is 0 Å². The van der Waals surface area contributed by atoms with Crippen molar-refractivity contribution in [1.29, 1.82) is 0 Å². The van der Waals surface area contributed by atoms with Crippen LogP contribution in [-0.2, 0) is 4.79 Å². The summed E-state index contributed by atoms with van der Waals surface area (Å²) in [6, 6.07) is 9.13. The highest BCUT2D eigenvalue weighted by molar-refractivity contribution is 5.79. The number of hydrogen-bond donors (Lipinski definition) is 2. The van der Waals surface area contributed by atoms with Crippen molar-refractivity contribution in [2.45, 2.75) is 38.1 Å². The number of carboxylic acid groups (broad SMARTS) is 1. The summed E-state index contributed by atoms with van der Waals surface area (Å²) in [5, 5.41) is 12.1. The lowest BCUT2D eigenvalue weighted by Crippen LogP contribution is -2.44. The molecule has 1 aliphatic heterocycles. The van der Waals surface area contributed by atoms with Gasteiger partial charge < -0.3 is 15.3 Å². The molecule has 2 unspecified atom stereocenters. The summed E-state index contributed by atoms with van der Waals surface area (Å²) in [7, 11) is 0. The van der Waals surface area contributed by atoms with Gasteiger partial charge in [-0.15, -0.1) is 0 Å². The van der Waals surface area contributed by atoms with E-state index in [0.717, 1.165) is 25.8 Å². The summed E-state index contributed by atoms with van der Waals surface area (Å²) in [5.41, 5.74) is 0.707. The van der Waals surface area contributed by atoms with E-state index in [1.807, 2.05) is 11.0 Å². The first-order valence-electron chi connectivity index (χ1n) is 7.45. The van der Waals surface area contributed by atoms with E-state index in [1.54, 1.807) is 24.3 Å². The minimum atomic E-state index is -0.921. The number of nitrogens with zero attached hydrogens (tertiary/aromatic N) is 1. The van der Waals surface area contributed by atoms with Crippen LogP contribution in [0, 0.1) is 0 Å². The fraction of sp³-hybridized carbons (Fsp3) is 0.500. The van der Waals surface area contributed by atoms with Crippen LogP contribution in [0.25, 0.3) is 0 Å². The Hall–Kier alpha value is -2.04. The van der Waals surface area contributed by atoms with Crippen LogP contribution in [0.2, 0.25) is 0 Å². The number of carboxylic acids is 1. The van der Waals surface area contributed by atoms with Crippen molar-refractivity contribution in [2.24, 2.45) is 0 Å². The fourth-order valence-corrected chi connectivity index (χ4v) is 2.85. The third kappa shape index (κ3) is 3.74. The van der Waals surface area contributed by atoms with Crippen molar-refractivity contribution in [2.75, 3.05) is 13.1 Å². The molecule has 0 aliphatic carbocycles. The normalized spacial score (nSPS) is 19.3. The molecule has 5 heteroatoms. The molecule has 2 amide bonds. The maximum Gasteiger partial charge on any atom is 0.317 e. The number of nitrogens with one attached hydrogen (secondary N) is 1. The molecule has 0 spiro atoms. The summed E-state index contributed by atoms with van der Waals surface area (Å²) in [5.74, 6) is -1.63. The molecule has 1 aliphatic rings. The minimum absolute atomic E-state index is 0.116. The number of carbonyl (C=O) groups excluding carboxylic acids is 1. The quantitative estimate of drug-likeness (QED) is 0.875. The summed E-state index contributed by atoms with van der Waals surface area (Å²) >= 11 is 0. The average Bonchev–Trinajstić information content (AvgIpc) is 2.96. The molecule has 1 saturated heterocycles. The Morgan fingerprint density at radius 1 is 1.38 bits per heavy atom. The SMILES string of the molecule is CCC1CCCN1C(=O)NCC(C(=O)O)c1ccccc1. The lowest BCUT2D eigenvalue weighted by molar-refractivity contribution is -0.138. The van der Waals surface area contributed by atoms with Crippen molar-refractivity contribution in [3.63, 3.8) is 0 Å². The maximum atomic E-state index is 12.2. The molecular formula is C16H22N2O3. The third-order valence-electron chi connectivity index (χ3n) is 4.07. The van der Waals surface area contributed by atoms with Crippen molar-refractivity contribution < 1.29 is 14.7 Å². The average molecular weight is 290 g/mol. The first-order chi connectivity index (χ1) is 10.1. The second kappa shape index (κ2) is 7.11. The summed E-state index contributed by atoms with van der Waals surface area (Å²) in [4.78, 5) is 25.4. The zero-order chi connectivity index (χ0) is 15.2. The number of benzene rings is 1. The summed E-state index contributed by atoms with van der Waals surface area (Å²) in [6.07, 6.45) is 2.99. The summed E-state index contributed by atoms with van der Waals surface area (Å²) < 4.78 is 0. The van der Waals surface area contributed by atoms with E-state index in [-0.39, 0.29) is 18.6 Å². The van der Waals surface area contributed by atoms with E-state index in [1.165, 1.54) is 0 Å². The number of hydrogen-bond acceptors (Lipinski definition) is 2. The molecule has 5 nitrogen and oxygen atoms in total. The molecule has 1 fully saturated rings. The third-order valence-corrected chi connectivity index (χ3v) is 4.07. The van der Waals surface area contributed by atoms with E-state index in [9.17, 15) is 14.7 Å². The van der Waals surface area contributed by atoms with Crippen molar-refractivity contribution in [1.82, 2.24) is 10.2 Å². The van der Waals surface area contributed by atoms with E-state index < -0.39 is 11.9 Å². The lowest BCUT2D eigenvalue weighted by Gasteiger charge is -2.25. The molecule has 21 heavy (non-hydrogen) atoms. The molecule has 2 N–H and O–H groups in total. The standard InChI is InChI=1S/C16H22N2O3/c1-2-13-9-6-10-18(13)16(21)17-11-14(15(19)20)12-7-4-3-5-8-12/h3-5,7-8,13-14H,2,6,9-11H2,1H3,(H,17,21)(H,19,20). The Labute approximate surface area is 125 Å². The van der Waals surface area contributed by atoms with Crippen LogP contribution in [0.15, 0.2) is 30.3 Å². The minimum Gasteiger partial charge on any atom is -0.481 e. The van der Waals surface area contributed by atoms with Crippen LogP contribution in [0.1, 0.15) is 37.7 Å². The highest BCUT2D eigenvalue weighted by atomic mass is 16.4.